The number of hydrogen-bond acceptors (Lipinski definition) is 5. The second kappa shape index (κ2) is 7.81. The number of carbonyl (C=O) groups excluding carboxylic acids is 1. The van der Waals surface area contributed by atoms with Gasteiger partial charge in [0.2, 0.25) is 0 Å². The molecule has 2 aromatic rings. The van der Waals surface area contributed by atoms with Crippen LogP contribution in [-0.4, -0.2) is 68.4 Å². The predicted molar refractivity (Wildman–Crippen MR) is 121 cm³/mol. The third kappa shape index (κ3) is 3.81. The summed E-state index contributed by atoms with van der Waals surface area (Å²) in [5, 5.41) is 4.73. The van der Waals surface area contributed by atoms with E-state index in [9.17, 15) is 4.79 Å². The van der Waals surface area contributed by atoms with Crippen molar-refractivity contribution in [1.82, 2.24) is 29.3 Å². The summed E-state index contributed by atoms with van der Waals surface area (Å²) >= 11 is 0. The minimum Gasteiger partial charge on any atom is -0.368 e. The Morgan fingerprint density at radius 1 is 1.10 bits per heavy atom. The van der Waals surface area contributed by atoms with Gasteiger partial charge in [0.25, 0.3) is 5.91 Å². The number of aryl methyl sites for hydroxylation is 1. The summed E-state index contributed by atoms with van der Waals surface area (Å²) in [6.07, 6.45) is 14.7. The van der Waals surface area contributed by atoms with Crippen LogP contribution in [0.4, 0.5) is 0 Å². The molecular formula is C24H28N6O. The molecule has 160 valence electrons. The summed E-state index contributed by atoms with van der Waals surface area (Å²) in [6.45, 7) is 8.11. The first kappa shape index (κ1) is 19.8. The standard InChI is InChI=1S/C24H28N6O/c1-17-4-5-19-6-7-20(28-10-8-27(3)9-11-28)16-29(19)24(31)13-22(17)23-12-21-14-25-18(2)15-30(21)26-23/h5-7,12-17H,4,8-11H2,1-3H3. The summed E-state index contributed by atoms with van der Waals surface area (Å²) in [6, 6.07) is 2.01. The minimum absolute atomic E-state index is 0.0323. The summed E-state index contributed by atoms with van der Waals surface area (Å²) in [5.41, 5.74) is 5.67. The molecule has 1 fully saturated rings. The summed E-state index contributed by atoms with van der Waals surface area (Å²) in [7, 11) is 2.15. The fourth-order valence-electron chi connectivity index (χ4n) is 4.33. The Morgan fingerprint density at radius 3 is 2.68 bits per heavy atom. The molecule has 3 aliphatic heterocycles. The number of aromatic nitrogens is 3. The Hall–Kier alpha value is -3.19. The van der Waals surface area contributed by atoms with Crippen molar-refractivity contribution in [3.63, 3.8) is 0 Å². The zero-order valence-corrected chi connectivity index (χ0v) is 18.3. The monoisotopic (exact) mass is 416 g/mol. The van der Waals surface area contributed by atoms with Crippen molar-refractivity contribution >= 4 is 17.0 Å². The number of fused-ring (bicyclic) bond motifs is 2. The van der Waals surface area contributed by atoms with E-state index in [1.54, 1.807) is 11.0 Å². The van der Waals surface area contributed by atoms with Crippen LogP contribution < -0.4 is 0 Å². The van der Waals surface area contributed by atoms with Gasteiger partial charge in [-0.3, -0.25) is 14.7 Å². The van der Waals surface area contributed by atoms with Gasteiger partial charge < -0.3 is 9.80 Å². The number of piperazine rings is 1. The van der Waals surface area contributed by atoms with Gasteiger partial charge in [-0.25, -0.2) is 4.52 Å². The van der Waals surface area contributed by atoms with E-state index in [0.717, 1.165) is 66.5 Å². The van der Waals surface area contributed by atoms with Crippen LogP contribution in [0.5, 0.6) is 0 Å². The smallest absolute Gasteiger partial charge is 0.255 e. The maximum absolute atomic E-state index is 13.3. The highest BCUT2D eigenvalue weighted by Crippen LogP contribution is 2.31. The lowest BCUT2D eigenvalue weighted by atomic mass is 9.92. The molecule has 1 atom stereocenters. The van der Waals surface area contributed by atoms with Crippen LogP contribution in [-0.2, 0) is 4.79 Å². The van der Waals surface area contributed by atoms with Gasteiger partial charge in [-0.15, -0.1) is 0 Å². The molecule has 0 radical (unpaired) electrons. The molecule has 0 saturated carbocycles. The van der Waals surface area contributed by atoms with E-state index in [2.05, 4.69) is 47.0 Å². The summed E-state index contributed by atoms with van der Waals surface area (Å²) in [5.74, 6) is 0.157. The molecule has 31 heavy (non-hydrogen) atoms. The molecule has 0 spiro atoms. The third-order valence-electron chi connectivity index (χ3n) is 6.33. The van der Waals surface area contributed by atoms with Crippen LogP contribution >= 0.6 is 0 Å². The molecule has 0 N–H and O–H groups in total. The van der Waals surface area contributed by atoms with Gasteiger partial charge in [-0.05, 0) is 50.1 Å². The zero-order valence-electron chi connectivity index (χ0n) is 18.3. The number of hydrogen-bond donors (Lipinski definition) is 0. The first-order valence-corrected chi connectivity index (χ1v) is 10.9. The van der Waals surface area contributed by atoms with Crippen LogP contribution in [0, 0.1) is 12.8 Å². The minimum atomic E-state index is -0.0323. The van der Waals surface area contributed by atoms with Crippen LogP contribution in [0.3, 0.4) is 0 Å². The van der Waals surface area contributed by atoms with E-state index >= 15 is 0 Å². The first-order chi connectivity index (χ1) is 15.0. The van der Waals surface area contributed by atoms with Gasteiger partial charge in [0, 0.05) is 44.2 Å². The molecule has 5 heterocycles. The highest BCUT2D eigenvalue weighted by Gasteiger charge is 2.25. The number of amides is 1. The van der Waals surface area contributed by atoms with Crippen LogP contribution in [0.1, 0.15) is 24.7 Å². The molecule has 2 aromatic heterocycles. The Balaban J connectivity index is 1.47. The molecule has 7 heteroatoms. The van der Waals surface area contributed by atoms with E-state index in [0.29, 0.717) is 0 Å². The van der Waals surface area contributed by atoms with Gasteiger partial charge in [0.05, 0.1) is 35.0 Å². The van der Waals surface area contributed by atoms with Crippen molar-refractivity contribution in [1.29, 1.82) is 0 Å². The fraction of sp³-hybridized carbons (Fsp3) is 0.375. The van der Waals surface area contributed by atoms with E-state index in [-0.39, 0.29) is 11.8 Å². The van der Waals surface area contributed by atoms with Crippen LogP contribution in [0.15, 0.2) is 60.4 Å². The highest BCUT2D eigenvalue weighted by molar-refractivity contribution is 5.97. The second-order valence-electron chi connectivity index (χ2n) is 8.68. The Labute approximate surface area is 182 Å². The maximum atomic E-state index is 13.3. The van der Waals surface area contributed by atoms with E-state index in [4.69, 9.17) is 5.10 Å². The molecule has 1 unspecified atom stereocenters. The number of likely N-dealkylation sites (N-methyl/N-ethyl adjacent to an activating group) is 1. The fourth-order valence-corrected chi connectivity index (χ4v) is 4.33. The SMILES string of the molecule is Cc1cn2nc(C3=CC(=O)N4C=C(N5CCN(C)CC5)C=CC4=CCC3C)cc2cn1. The van der Waals surface area contributed by atoms with Gasteiger partial charge >= 0.3 is 0 Å². The van der Waals surface area contributed by atoms with Gasteiger partial charge in [0.15, 0.2) is 0 Å². The van der Waals surface area contributed by atoms with E-state index < -0.39 is 0 Å². The normalized spacial score (nSPS) is 22.6. The second-order valence-corrected chi connectivity index (χ2v) is 8.68. The molecule has 0 aliphatic carbocycles. The molecule has 1 amide bonds. The quantitative estimate of drug-likeness (QED) is 0.754. The Bertz CT molecular complexity index is 1150. The van der Waals surface area contributed by atoms with Gasteiger partial charge in [0.1, 0.15) is 0 Å². The lowest BCUT2D eigenvalue weighted by molar-refractivity contribution is -0.122. The average Bonchev–Trinajstić information content (AvgIpc) is 3.18. The Kier molecular flexibility index (Phi) is 4.98. The molecule has 7 nitrogen and oxygen atoms in total. The van der Waals surface area contributed by atoms with Crippen molar-refractivity contribution in [2.45, 2.75) is 20.3 Å². The van der Waals surface area contributed by atoms with Crippen molar-refractivity contribution in [2.24, 2.45) is 5.92 Å². The van der Waals surface area contributed by atoms with Crippen molar-refractivity contribution < 1.29 is 4.79 Å². The first-order valence-electron chi connectivity index (χ1n) is 10.9. The third-order valence-corrected chi connectivity index (χ3v) is 6.33. The van der Waals surface area contributed by atoms with E-state index in [1.807, 2.05) is 36.1 Å². The predicted octanol–water partition coefficient (Wildman–Crippen LogP) is 2.83. The maximum Gasteiger partial charge on any atom is 0.255 e. The van der Waals surface area contributed by atoms with Gasteiger partial charge in [-0.1, -0.05) is 13.0 Å². The zero-order chi connectivity index (χ0) is 21.5. The van der Waals surface area contributed by atoms with Gasteiger partial charge in [-0.2, -0.15) is 5.10 Å². The number of allylic oxidation sites excluding steroid dienone is 4. The highest BCUT2D eigenvalue weighted by atomic mass is 16.2. The van der Waals surface area contributed by atoms with E-state index in [1.165, 1.54) is 0 Å². The molecule has 0 aromatic carbocycles. The number of nitrogens with zero attached hydrogens (tertiary/aromatic N) is 6. The van der Waals surface area contributed by atoms with Crippen LogP contribution in [0.2, 0.25) is 0 Å². The van der Waals surface area contributed by atoms with Crippen LogP contribution in [0.25, 0.3) is 11.1 Å². The number of rotatable bonds is 2. The van der Waals surface area contributed by atoms with Crippen molar-refractivity contribution in [2.75, 3.05) is 33.2 Å². The summed E-state index contributed by atoms with van der Waals surface area (Å²) in [4.78, 5) is 24.2. The molecular weight excluding hydrogens is 388 g/mol. The largest absolute Gasteiger partial charge is 0.368 e. The Morgan fingerprint density at radius 2 is 1.87 bits per heavy atom. The summed E-state index contributed by atoms with van der Waals surface area (Å²) < 4.78 is 1.84. The molecule has 1 saturated heterocycles. The number of carbonyl (C=O) groups is 1. The van der Waals surface area contributed by atoms with Crippen molar-refractivity contribution in [3.8, 4) is 0 Å². The molecule has 3 aliphatic rings. The topological polar surface area (TPSA) is 57.0 Å². The lowest BCUT2D eigenvalue weighted by Crippen LogP contribution is -2.44. The average molecular weight is 417 g/mol. The molecule has 0 bridgehead atoms. The lowest BCUT2D eigenvalue weighted by Gasteiger charge is -2.37. The van der Waals surface area contributed by atoms with Crippen molar-refractivity contribution in [3.05, 3.63) is 71.7 Å². The molecule has 5 rings (SSSR count).